The summed E-state index contributed by atoms with van der Waals surface area (Å²) in [6.45, 7) is 6.22. The highest BCUT2D eigenvalue weighted by molar-refractivity contribution is 5.78. The molecule has 0 fully saturated rings. The van der Waals surface area contributed by atoms with Crippen molar-refractivity contribution in [2.75, 3.05) is 0 Å². The van der Waals surface area contributed by atoms with Gasteiger partial charge in [0, 0.05) is 6.42 Å². The Morgan fingerprint density at radius 3 is 2.79 bits per heavy atom. The maximum atomic E-state index is 12.2. The lowest BCUT2D eigenvalue weighted by atomic mass is 10.0. The zero-order valence-corrected chi connectivity index (χ0v) is 14.4. The summed E-state index contributed by atoms with van der Waals surface area (Å²) in [6, 6.07) is 12.4. The standard InChI is InChI=1S/C20H23N3O/c1-13-4-7-17(10-14(13)2)15(3)23-20(24)9-6-16-5-8-18-19(11-16)22-12-21-18/h4-5,7-8,10-12,15H,6,9H2,1-3H3,(H,21,22)(H,23,24)/t15-/m1/s1. The first-order valence-electron chi connectivity index (χ1n) is 8.31. The molecule has 0 saturated heterocycles. The fourth-order valence-electron chi connectivity index (χ4n) is 2.83. The molecular formula is C20H23N3O. The number of benzene rings is 2. The van der Waals surface area contributed by atoms with Crippen molar-refractivity contribution in [2.45, 2.75) is 39.7 Å². The van der Waals surface area contributed by atoms with Crippen LogP contribution in [-0.2, 0) is 11.2 Å². The van der Waals surface area contributed by atoms with Gasteiger partial charge in [-0.2, -0.15) is 0 Å². The van der Waals surface area contributed by atoms with Crippen molar-refractivity contribution >= 4 is 16.9 Å². The number of nitrogens with one attached hydrogen (secondary N) is 2. The average Bonchev–Trinajstić information content (AvgIpc) is 3.03. The van der Waals surface area contributed by atoms with Crippen molar-refractivity contribution in [3.05, 3.63) is 65.0 Å². The predicted octanol–water partition coefficient (Wildman–Crippen LogP) is 3.99. The molecule has 124 valence electrons. The number of nitrogens with zero attached hydrogens (tertiary/aromatic N) is 1. The van der Waals surface area contributed by atoms with Crippen molar-refractivity contribution < 1.29 is 4.79 Å². The van der Waals surface area contributed by atoms with Gasteiger partial charge in [-0.05, 0) is 61.6 Å². The molecule has 1 aromatic heterocycles. The number of aromatic nitrogens is 2. The van der Waals surface area contributed by atoms with Crippen LogP contribution in [0, 0.1) is 13.8 Å². The van der Waals surface area contributed by atoms with Crippen LogP contribution in [0.1, 0.15) is 41.6 Å². The highest BCUT2D eigenvalue weighted by Crippen LogP contribution is 2.17. The van der Waals surface area contributed by atoms with Gasteiger partial charge in [0.15, 0.2) is 0 Å². The van der Waals surface area contributed by atoms with Crippen molar-refractivity contribution in [3.8, 4) is 0 Å². The molecule has 2 aromatic carbocycles. The molecule has 1 heterocycles. The molecule has 3 aromatic rings. The predicted molar refractivity (Wildman–Crippen MR) is 96.9 cm³/mol. The summed E-state index contributed by atoms with van der Waals surface area (Å²) in [5, 5.41) is 3.09. The van der Waals surface area contributed by atoms with Gasteiger partial charge in [-0.1, -0.05) is 24.3 Å². The molecule has 0 saturated carbocycles. The molecule has 4 heteroatoms. The van der Waals surface area contributed by atoms with Gasteiger partial charge >= 0.3 is 0 Å². The quantitative estimate of drug-likeness (QED) is 0.746. The van der Waals surface area contributed by atoms with E-state index in [0.717, 1.165) is 28.6 Å². The second-order valence-corrected chi connectivity index (χ2v) is 6.39. The smallest absolute Gasteiger partial charge is 0.220 e. The van der Waals surface area contributed by atoms with Crippen molar-refractivity contribution in [2.24, 2.45) is 0 Å². The number of fused-ring (bicyclic) bond motifs is 1. The van der Waals surface area contributed by atoms with Crippen LogP contribution in [0.5, 0.6) is 0 Å². The van der Waals surface area contributed by atoms with E-state index in [-0.39, 0.29) is 11.9 Å². The summed E-state index contributed by atoms with van der Waals surface area (Å²) >= 11 is 0. The van der Waals surface area contributed by atoms with Gasteiger partial charge in [0.25, 0.3) is 0 Å². The lowest BCUT2D eigenvalue weighted by Gasteiger charge is -2.15. The minimum absolute atomic E-state index is 0.0203. The van der Waals surface area contributed by atoms with Crippen molar-refractivity contribution in [1.82, 2.24) is 15.3 Å². The lowest BCUT2D eigenvalue weighted by molar-refractivity contribution is -0.121. The van der Waals surface area contributed by atoms with E-state index >= 15 is 0 Å². The number of rotatable bonds is 5. The molecule has 0 aliphatic rings. The maximum Gasteiger partial charge on any atom is 0.220 e. The molecule has 1 amide bonds. The summed E-state index contributed by atoms with van der Waals surface area (Å²) in [5.41, 5.74) is 6.77. The number of H-pyrrole nitrogens is 1. The summed E-state index contributed by atoms with van der Waals surface area (Å²) in [7, 11) is 0. The molecule has 2 N–H and O–H groups in total. The van der Waals surface area contributed by atoms with E-state index in [9.17, 15) is 4.79 Å². The van der Waals surface area contributed by atoms with E-state index < -0.39 is 0 Å². The van der Waals surface area contributed by atoms with E-state index in [4.69, 9.17) is 0 Å². The number of hydrogen-bond acceptors (Lipinski definition) is 2. The van der Waals surface area contributed by atoms with Gasteiger partial charge in [0.05, 0.1) is 23.4 Å². The number of imidazole rings is 1. The van der Waals surface area contributed by atoms with Gasteiger partial charge in [-0.3, -0.25) is 4.79 Å². The van der Waals surface area contributed by atoms with Crippen LogP contribution in [0.15, 0.2) is 42.7 Å². The number of carbonyl (C=O) groups excluding carboxylic acids is 1. The van der Waals surface area contributed by atoms with Crippen LogP contribution >= 0.6 is 0 Å². The monoisotopic (exact) mass is 321 g/mol. The molecule has 0 bridgehead atoms. The molecule has 24 heavy (non-hydrogen) atoms. The molecule has 0 aliphatic carbocycles. The largest absolute Gasteiger partial charge is 0.350 e. The van der Waals surface area contributed by atoms with Gasteiger partial charge in [-0.25, -0.2) is 4.98 Å². The molecule has 4 nitrogen and oxygen atoms in total. The van der Waals surface area contributed by atoms with Crippen LogP contribution in [0.25, 0.3) is 11.0 Å². The molecule has 0 radical (unpaired) electrons. The van der Waals surface area contributed by atoms with E-state index in [1.165, 1.54) is 11.1 Å². The minimum Gasteiger partial charge on any atom is -0.350 e. The number of carbonyl (C=O) groups is 1. The first kappa shape index (κ1) is 16.2. The Kier molecular flexibility index (Phi) is 4.65. The van der Waals surface area contributed by atoms with Gasteiger partial charge < -0.3 is 10.3 Å². The second kappa shape index (κ2) is 6.87. The third-order valence-corrected chi connectivity index (χ3v) is 4.53. The van der Waals surface area contributed by atoms with E-state index in [1.54, 1.807) is 6.33 Å². The van der Waals surface area contributed by atoms with E-state index in [0.29, 0.717) is 6.42 Å². The molecule has 3 rings (SSSR count). The molecule has 0 spiro atoms. The van der Waals surface area contributed by atoms with Crippen LogP contribution < -0.4 is 5.32 Å². The van der Waals surface area contributed by atoms with Crippen molar-refractivity contribution in [3.63, 3.8) is 0 Å². The Labute approximate surface area is 142 Å². The number of hydrogen-bond donors (Lipinski definition) is 2. The normalized spacial score (nSPS) is 12.3. The third-order valence-electron chi connectivity index (χ3n) is 4.53. The molecular weight excluding hydrogens is 298 g/mol. The Balaban J connectivity index is 1.57. The van der Waals surface area contributed by atoms with E-state index in [1.807, 2.05) is 19.1 Å². The highest BCUT2D eigenvalue weighted by Gasteiger charge is 2.10. The lowest BCUT2D eigenvalue weighted by Crippen LogP contribution is -2.26. The molecule has 1 atom stereocenters. The molecule has 0 aliphatic heterocycles. The van der Waals surface area contributed by atoms with Crippen molar-refractivity contribution in [1.29, 1.82) is 0 Å². The van der Waals surface area contributed by atoms with Crippen LogP contribution in [0.2, 0.25) is 0 Å². The van der Waals surface area contributed by atoms with Gasteiger partial charge in [-0.15, -0.1) is 0 Å². The zero-order chi connectivity index (χ0) is 17.1. The topological polar surface area (TPSA) is 57.8 Å². The van der Waals surface area contributed by atoms with E-state index in [2.05, 4.69) is 53.4 Å². The maximum absolute atomic E-state index is 12.2. The highest BCUT2D eigenvalue weighted by atomic mass is 16.1. The first-order valence-corrected chi connectivity index (χ1v) is 8.31. The Morgan fingerprint density at radius 2 is 2.00 bits per heavy atom. The summed E-state index contributed by atoms with van der Waals surface area (Å²) in [5.74, 6) is 0.0745. The van der Waals surface area contributed by atoms with Gasteiger partial charge in [0.1, 0.15) is 0 Å². The summed E-state index contributed by atoms with van der Waals surface area (Å²) in [6.07, 6.45) is 2.89. The number of amides is 1. The Hall–Kier alpha value is -2.62. The van der Waals surface area contributed by atoms with Crippen LogP contribution in [0.4, 0.5) is 0 Å². The fraction of sp³-hybridized carbons (Fsp3) is 0.300. The fourth-order valence-corrected chi connectivity index (χ4v) is 2.83. The summed E-state index contributed by atoms with van der Waals surface area (Å²) in [4.78, 5) is 19.5. The zero-order valence-electron chi connectivity index (χ0n) is 14.4. The first-order chi connectivity index (χ1) is 11.5. The minimum atomic E-state index is 0.0203. The second-order valence-electron chi connectivity index (χ2n) is 6.39. The average molecular weight is 321 g/mol. The number of aromatic amines is 1. The Bertz CT molecular complexity index is 866. The van der Waals surface area contributed by atoms with Crippen LogP contribution in [-0.4, -0.2) is 15.9 Å². The third kappa shape index (κ3) is 3.65. The number of aryl methyl sites for hydroxylation is 3. The van der Waals surface area contributed by atoms with Gasteiger partial charge in [0.2, 0.25) is 5.91 Å². The molecule has 0 unspecified atom stereocenters. The Morgan fingerprint density at radius 1 is 1.17 bits per heavy atom. The van der Waals surface area contributed by atoms with Crippen LogP contribution in [0.3, 0.4) is 0 Å². The summed E-state index contributed by atoms with van der Waals surface area (Å²) < 4.78 is 0. The SMILES string of the molecule is Cc1ccc([C@@H](C)NC(=O)CCc2ccc3nc[nH]c3c2)cc1C.